The second-order valence-electron chi connectivity index (χ2n) is 4.49. The maximum absolute atomic E-state index is 11.8. The van der Waals surface area contributed by atoms with E-state index in [-0.39, 0.29) is 5.91 Å². The molecule has 0 bridgehead atoms. The van der Waals surface area contributed by atoms with Crippen LogP contribution in [0.4, 0.5) is 0 Å². The van der Waals surface area contributed by atoms with Crippen LogP contribution >= 0.6 is 0 Å². The molecule has 100 valence electrons. The smallest absolute Gasteiger partial charge is 0.224 e. The zero-order chi connectivity index (χ0) is 13.7. The summed E-state index contributed by atoms with van der Waals surface area (Å²) in [6.45, 7) is 0.565. The van der Waals surface area contributed by atoms with E-state index < -0.39 is 0 Å². The molecule has 0 spiro atoms. The van der Waals surface area contributed by atoms with Crippen molar-refractivity contribution in [1.29, 1.82) is 0 Å². The lowest BCUT2D eigenvalue weighted by Crippen LogP contribution is -2.24. The van der Waals surface area contributed by atoms with E-state index in [1.165, 1.54) is 0 Å². The molecule has 0 aliphatic carbocycles. The summed E-state index contributed by atoms with van der Waals surface area (Å²) in [5.74, 6) is 0.822. The summed E-state index contributed by atoms with van der Waals surface area (Å²) < 4.78 is 7.04. The topological polar surface area (TPSA) is 43.3 Å². The third-order valence-electron chi connectivity index (χ3n) is 2.91. The van der Waals surface area contributed by atoms with Crippen LogP contribution in [-0.4, -0.2) is 17.6 Å². The van der Waals surface area contributed by atoms with Crippen LogP contribution in [0, 0.1) is 0 Å². The van der Waals surface area contributed by atoms with Crippen LogP contribution in [0.5, 0.6) is 5.75 Å². The number of aromatic nitrogens is 1. The predicted octanol–water partition coefficient (Wildman–Crippen LogP) is 1.89. The third-order valence-corrected chi connectivity index (χ3v) is 2.91. The van der Waals surface area contributed by atoms with Crippen molar-refractivity contribution in [2.24, 2.45) is 7.05 Å². The van der Waals surface area contributed by atoms with E-state index in [0.29, 0.717) is 13.0 Å². The molecule has 0 fully saturated rings. The largest absolute Gasteiger partial charge is 0.497 e. The van der Waals surface area contributed by atoms with Gasteiger partial charge in [0, 0.05) is 26.0 Å². The van der Waals surface area contributed by atoms with Gasteiger partial charge in [-0.25, -0.2) is 0 Å². The fraction of sp³-hybridized carbons (Fsp3) is 0.267. The Morgan fingerprint density at radius 3 is 2.53 bits per heavy atom. The molecule has 1 amide bonds. The zero-order valence-corrected chi connectivity index (χ0v) is 11.2. The number of rotatable bonds is 5. The van der Waals surface area contributed by atoms with Gasteiger partial charge in [-0.3, -0.25) is 4.79 Å². The second kappa shape index (κ2) is 6.09. The number of nitrogens with one attached hydrogen (secondary N) is 1. The molecule has 4 nitrogen and oxygen atoms in total. The summed E-state index contributed by atoms with van der Waals surface area (Å²) >= 11 is 0. The van der Waals surface area contributed by atoms with Crippen LogP contribution in [-0.2, 0) is 24.8 Å². The van der Waals surface area contributed by atoms with E-state index in [0.717, 1.165) is 16.9 Å². The Morgan fingerprint density at radius 1 is 1.21 bits per heavy atom. The van der Waals surface area contributed by atoms with Crippen molar-refractivity contribution < 1.29 is 9.53 Å². The van der Waals surface area contributed by atoms with Crippen LogP contribution in [0.25, 0.3) is 0 Å². The number of nitrogens with zero attached hydrogens (tertiary/aromatic N) is 1. The standard InChI is InChI=1S/C15H18N2O2/c1-17-8-7-13(11-17)10-16-15(18)9-12-3-5-14(19-2)6-4-12/h3-8,11H,9-10H2,1-2H3,(H,16,18). The first-order valence-corrected chi connectivity index (χ1v) is 6.18. The highest BCUT2D eigenvalue weighted by Gasteiger charge is 2.04. The molecular weight excluding hydrogens is 240 g/mol. The lowest BCUT2D eigenvalue weighted by Gasteiger charge is -2.05. The Morgan fingerprint density at radius 2 is 1.95 bits per heavy atom. The van der Waals surface area contributed by atoms with Crippen LogP contribution < -0.4 is 10.1 Å². The van der Waals surface area contributed by atoms with E-state index in [9.17, 15) is 4.79 Å². The van der Waals surface area contributed by atoms with E-state index >= 15 is 0 Å². The summed E-state index contributed by atoms with van der Waals surface area (Å²) in [6.07, 6.45) is 4.34. The third kappa shape index (κ3) is 3.88. The minimum absolute atomic E-state index is 0.0222. The van der Waals surface area contributed by atoms with Crippen LogP contribution in [0.15, 0.2) is 42.7 Å². The van der Waals surface area contributed by atoms with Crippen LogP contribution in [0.1, 0.15) is 11.1 Å². The lowest BCUT2D eigenvalue weighted by atomic mass is 10.1. The predicted molar refractivity (Wildman–Crippen MR) is 74.0 cm³/mol. The lowest BCUT2D eigenvalue weighted by molar-refractivity contribution is -0.120. The van der Waals surface area contributed by atoms with E-state index in [2.05, 4.69) is 5.32 Å². The highest BCUT2D eigenvalue weighted by atomic mass is 16.5. The van der Waals surface area contributed by atoms with Gasteiger partial charge in [0.1, 0.15) is 5.75 Å². The van der Waals surface area contributed by atoms with Crippen molar-refractivity contribution in [1.82, 2.24) is 9.88 Å². The summed E-state index contributed by atoms with van der Waals surface area (Å²) in [6, 6.07) is 9.52. The van der Waals surface area contributed by atoms with Gasteiger partial charge < -0.3 is 14.6 Å². The molecule has 19 heavy (non-hydrogen) atoms. The monoisotopic (exact) mass is 258 g/mol. The Balaban J connectivity index is 1.83. The number of hydrogen-bond acceptors (Lipinski definition) is 2. The Bertz CT molecular complexity index is 544. The molecular formula is C15H18N2O2. The molecule has 0 radical (unpaired) electrons. The van der Waals surface area contributed by atoms with Gasteiger partial charge in [-0.1, -0.05) is 12.1 Å². The van der Waals surface area contributed by atoms with Crippen molar-refractivity contribution in [2.75, 3.05) is 7.11 Å². The van der Waals surface area contributed by atoms with Gasteiger partial charge in [-0.15, -0.1) is 0 Å². The van der Waals surface area contributed by atoms with E-state index in [1.807, 2.05) is 54.3 Å². The van der Waals surface area contributed by atoms with Gasteiger partial charge in [-0.05, 0) is 29.3 Å². The molecule has 1 aromatic carbocycles. The number of ether oxygens (including phenoxy) is 1. The van der Waals surface area contributed by atoms with Gasteiger partial charge in [0.25, 0.3) is 0 Å². The zero-order valence-electron chi connectivity index (χ0n) is 11.2. The number of carbonyl (C=O) groups is 1. The quantitative estimate of drug-likeness (QED) is 0.890. The van der Waals surface area contributed by atoms with Crippen molar-refractivity contribution >= 4 is 5.91 Å². The van der Waals surface area contributed by atoms with Gasteiger partial charge in [0.05, 0.1) is 13.5 Å². The van der Waals surface area contributed by atoms with Gasteiger partial charge >= 0.3 is 0 Å². The van der Waals surface area contributed by atoms with Gasteiger partial charge in [0.15, 0.2) is 0 Å². The molecule has 1 heterocycles. The summed E-state index contributed by atoms with van der Waals surface area (Å²) in [5, 5.41) is 2.91. The van der Waals surface area contributed by atoms with Gasteiger partial charge in [-0.2, -0.15) is 0 Å². The second-order valence-corrected chi connectivity index (χ2v) is 4.49. The number of carbonyl (C=O) groups excluding carboxylic acids is 1. The highest BCUT2D eigenvalue weighted by Crippen LogP contribution is 2.11. The highest BCUT2D eigenvalue weighted by molar-refractivity contribution is 5.78. The Kier molecular flexibility index (Phi) is 4.23. The number of aryl methyl sites for hydroxylation is 1. The molecule has 1 N–H and O–H groups in total. The fourth-order valence-electron chi connectivity index (χ4n) is 1.86. The van der Waals surface area contributed by atoms with Crippen LogP contribution in [0.3, 0.4) is 0 Å². The van der Waals surface area contributed by atoms with E-state index in [1.54, 1.807) is 7.11 Å². The van der Waals surface area contributed by atoms with E-state index in [4.69, 9.17) is 4.74 Å². The molecule has 0 atom stereocenters. The molecule has 0 saturated heterocycles. The molecule has 2 rings (SSSR count). The molecule has 4 heteroatoms. The Hall–Kier alpha value is -2.23. The molecule has 0 aliphatic rings. The molecule has 2 aromatic rings. The number of hydrogen-bond donors (Lipinski definition) is 1. The number of amides is 1. The first-order valence-electron chi connectivity index (χ1n) is 6.18. The number of benzene rings is 1. The maximum Gasteiger partial charge on any atom is 0.224 e. The molecule has 0 unspecified atom stereocenters. The van der Waals surface area contributed by atoms with Crippen LogP contribution in [0.2, 0.25) is 0 Å². The normalized spacial score (nSPS) is 10.2. The summed E-state index contributed by atoms with van der Waals surface area (Å²) in [4.78, 5) is 11.8. The van der Waals surface area contributed by atoms with Crippen molar-refractivity contribution in [3.05, 3.63) is 53.9 Å². The van der Waals surface area contributed by atoms with Crippen molar-refractivity contribution in [2.45, 2.75) is 13.0 Å². The molecule has 0 aliphatic heterocycles. The molecule has 0 saturated carbocycles. The number of methoxy groups -OCH3 is 1. The minimum atomic E-state index is 0.0222. The maximum atomic E-state index is 11.8. The minimum Gasteiger partial charge on any atom is -0.497 e. The first kappa shape index (κ1) is 13.2. The summed E-state index contributed by atoms with van der Waals surface area (Å²) in [7, 11) is 3.59. The SMILES string of the molecule is COc1ccc(CC(=O)NCc2ccn(C)c2)cc1. The first-order chi connectivity index (χ1) is 9.17. The average molecular weight is 258 g/mol. The molecule has 1 aromatic heterocycles. The summed E-state index contributed by atoms with van der Waals surface area (Å²) in [5.41, 5.74) is 2.08. The van der Waals surface area contributed by atoms with Gasteiger partial charge in [0.2, 0.25) is 5.91 Å². The fourth-order valence-corrected chi connectivity index (χ4v) is 1.86. The Labute approximate surface area is 113 Å². The van der Waals surface area contributed by atoms with Crippen molar-refractivity contribution in [3.8, 4) is 5.75 Å². The van der Waals surface area contributed by atoms with Crippen molar-refractivity contribution in [3.63, 3.8) is 0 Å². The average Bonchev–Trinajstić information content (AvgIpc) is 2.83.